The first-order valence-corrected chi connectivity index (χ1v) is 6.78. The summed E-state index contributed by atoms with van der Waals surface area (Å²) in [5, 5.41) is 0. The monoisotopic (exact) mass is 512 g/mol. The Morgan fingerprint density at radius 1 is 0.290 bits per heavy atom. The van der Waals surface area contributed by atoms with E-state index in [1.54, 1.807) is 0 Å². The molecule has 3 atom stereocenters. The maximum atomic E-state index is 14.6. The summed E-state index contributed by atoms with van der Waals surface area (Å²) in [6.45, 7) is 0. The number of alkyl halides is 20. The van der Waals surface area contributed by atoms with E-state index in [0.29, 0.717) is 0 Å². The summed E-state index contributed by atoms with van der Waals surface area (Å²) < 4.78 is 270. The molecule has 0 saturated heterocycles. The van der Waals surface area contributed by atoms with Crippen molar-refractivity contribution in [1.29, 1.82) is 0 Å². The molecule has 0 N–H and O–H groups in total. The van der Waals surface area contributed by atoms with Crippen LogP contribution in [0.4, 0.5) is 87.8 Å². The van der Waals surface area contributed by atoms with Gasteiger partial charge in [0.2, 0.25) is 0 Å². The van der Waals surface area contributed by atoms with Gasteiger partial charge in [0.05, 0.1) is 0 Å². The van der Waals surface area contributed by atoms with E-state index in [0.717, 1.165) is 0 Å². The fourth-order valence-corrected chi connectivity index (χ4v) is 3.35. The van der Waals surface area contributed by atoms with Gasteiger partial charge in [-0.15, -0.1) is 0 Å². The second-order valence-electron chi connectivity index (χ2n) is 6.49. The van der Waals surface area contributed by atoms with Gasteiger partial charge in [0, 0.05) is 0 Å². The lowest BCUT2D eigenvalue weighted by Gasteiger charge is -2.65. The van der Waals surface area contributed by atoms with Crippen LogP contribution in [0.3, 0.4) is 0 Å². The zero-order valence-electron chi connectivity index (χ0n) is 13.1. The first kappa shape index (κ1) is 25.9. The molecule has 0 aromatic carbocycles. The van der Waals surface area contributed by atoms with Crippen molar-refractivity contribution in [3.8, 4) is 0 Å². The molecule has 0 aromatic heterocycles. The number of hydrogen-bond acceptors (Lipinski definition) is 0. The zero-order chi connectivity index (χ0) is 25.5. The van der Waals surface area contributed by atoms with Crippen LogP contribution in [0.2, 0.25) is 0 Å². The summed E-state index contributed by atoms with van der Waals surface area (Å²) in [7, 11) is 0. The molecule has 31 heavy (non-hydrogen) atoms. The van der Waals surface area contributed by atoms with Crippen molar-refractivity contribution in [3.63, 3.8) is 0 Å². The fraction of sp³-hybridized carbons (Fsp3) is 1.00. The van der Waals surface area contributed by atoms with E-state index >= 15 is 0 Å². The van der Waals surface area contributed by atoms with Crippen molar-refractivity contribution in [3.05, 3.63) is 0 Å². The highest BCUT2D eigenvalue weighted by atomic mass is 19.4. The molecule has 0 bridgehead atoms. The average Bonchev–Trinajstić information content (AvgIpc) is 2.54. The minimum atomic E-state index is -9.16. The van der Waals surface area contributed by atoms with Crippen LogP contribution in [0.1, 0.15) is 0 Å². The first-order chi connectivity index (χ1) is 13.0. The van der Waals surface area contributed by atoms with Gasteiger partial charge in [-0.1, -0.05) is 0 Å². The van der Waals surface area contributed by atoms with Crippen molar-refractivity contribution in [2.24, 2.45) is 0 Å². The highest BCUT2D eigenvalue weighted by Gasteiger charge is 3.16. The Morgan fingerprint density at radius 3 is 0.774 bits per heavy atom. The van der Waals surface area contributed by atoms with Gasteiger partial charge in [-0.05, 0) is 0 Å². The summed E-state index contributed by atoms with van der Waals surface area (Å²) >= 11 is 0. The maximum absolute atomic E-state index is 14.6. The van der Waals surface area contributed by atoms with E-state index in [4.69, 9.17) is 0 Å². The Balaban J connectivity index is 3.37. The highest BCUT2D eigenvalue weighted by molar-refractivity contribution is 5.45. The second-order valence-corrected chi connectivity index (χ2v) is 6.49. The fourth-order valence-electron chi connectivity index (χ4n) is 3.35. The molecule has 0 nitrogen and oxygen atoms in total. The van der Waals surface area contributed by atoms with Crippen molar-refractivity contribution in [2.75, 3.05) is 0 Å². The van der Waals surface area contributed by atoms with Crippen molar-refractivity contribution in [2.45, 2.75) is 64.6 Å². The lowest BCUT2D eigenvalue weighted by molar-refractivity contribution is -0.564. The molecule has 0 amide bonds. The topological polar surface area (TPSA) is 0 Å². The molecule has 2 saturated carbocycles. The van der Waals surface area contributed by atoms with E-state index in [9.17, 15) is 87.8 Å². The Bertz CT molecular complexity index is 779. The molecule has 0 aliphatic heterocycles. The standard InChI is InChI=1S/C11F20/c12-1-2(13,6(19,20)10(27,28)9(25,26)4(1,15)16)5(17,18)8(23,24)7(21,22)3(1,14)11(29,30)31/t1-,2+,3+/m0/s1. The van der Waals surface area contributed by atoms with Crippen LogP contribution >= 0.6 is 0 Å². The van der Waals surface area contributed by atoms with Crippen LogP contribution in [-0.4, -0.2) is 64.6 Å². The van der Waals surface area contributed by atoms with Crippen LogP contribution in [0.5, 0.6) is 0 Å². The smallest absolute Gasteiger partial charge is 0.228 e. The Labute approximate surface area is 154 Å². The van der Waals surface area contributed by atoms with Crippen LogP contribution in [-0.2, 0) is 0 Å². The van der Waals surface area contributed by atoms with Crippen LogP contribution in [0.15, 0.2) is 0 Å². The molecule has 0 spiro atoms. The molecule has 2 aliphatic carbocycles. The van der Waals surface area contributed by atoms with E-state index in [2.05, 4.69) is 0 Å². The third-order valence-electron chi connectivity index (χ3n) is 5.04. The predicted molar refractivity (Wildman–Crippen MR) is 52.2 cm³/mol. The number of fused-ring (bicyclic) bond motifs is 1. The minimum absolute atomic E-state index is 8.45. The lowest BCUT2D eigenvalue weighted by atomic mass is 9.50. The van der Waals surface area contributed by atoms with Gasteiger partial charge in [0.25, 0.3) is 11.3 Å². The molecular formula is C11F20. The van der Waals surface area contributed by atoms with Crippen molar-refractivity contribution < 1.29 is 87.8 Å². The van der Waals surface area contributed by atoms with Gasteiger partial charge in [-0.2, -0.15) is 74.6 Å². The largest absolute Gasteiger partial charge is 0.432 e. The second kappa shape index (κ2) is 5.22. The molecule has 0 radical (unpaired) electrons. The van der Waals surface area contributed by atoms with Gasteiger partial charge in [0.1, 0.15) is 0 Å². The Hall–Kier alpha value is -1.40. The van der Waals surface area contributed by atoms with Gasteiger partial charge < -0.3 is 0 Å². The third kappa shape index (κ3) is 1.78. The SMILES string of the molecule is FC1(F)C(F)(F)C(F)(F)[C@]2(F)[C@](F)(C1(F)F)C(F)(F)C(F)(F)C(F)(F)[C@@]2(F)C(F)(F)F. The summed E-state index contributed by atoms with van der Waals surface area (Å²) in [5.41, 5.74) is -27.2. The highest BCUT2D eigenvalue weighted by Crippen LogP contribution is 2.82. The van der Waals surface area contributed by atoms with Gasteiger partial charge in [0.15, 0.2) is 0 Å². The van der Waals surface area contributed by atoms with Gasteiger partial charge >= 0.3 is 53.3 Å². The summed E-state index contributed by atoms with van der Waals surface area (Å²) in [5.74, 6) is -60.7. The summed E-state index contributed by atoms with van der Waals surface area (Å²) in [6, 6.07) is 0. The molecule has 184 valence electrons. The van der Waals surface area contributed by atoms with E-state index < -0.39 is 64.6 Å². The average molecular weight is 512 g/mol. The first-order valence-electron chi connectivity index (χ1n) is 6.78. The van der Waals surface area contributed by atoms with Crippen LogP contribution < -0.4 is 0 Å². The zero-order valence-corrected chi connectivity index (χ0v) is 13.1. The molecule has 0 unspecified atom stereocenters. The molecule has 2 fully saturated rings. The summed E-state index contributed by atoms with van der Waals surface area (Å²) in [6.07, 6.45) is -8.58. The van der Waals surface area contributed by atoms with Crippen LogP contribution in [0, 0.1) is 0 Å². The lowest BCUT2D eigenvalue weighted by Crippen LogP contribution is -3.00. The third-order valence-corrected chi connectivity index (χ3v) is 5.04. The minimum Gasteiger partial charge on any atom is -0.228 e. The Kier molecular flexibility index (Phi) is 4.35. The molecule has 0 heterocycles. The van der Waals surface area contributed by atoms with Crippen LogP contribution in [0.25, 0.3) is 0 Å². The van der Waals surface area contributed by atoms with E-state index in [1.807, 2.05) is 0 Å². The number of halogens is 20. The van der Waals surface area contributed by atoms with Gasteiger partial charge in [-0.25, -0.2) is 13.2 Å². The van der Waals surface area contributed by atoms with Crippen molar-refractivity contribution >= 4 is 0 Å². The predicted octanol–water partition coefficient (Wildman–Crippen LogP) is 6.15. The van der Waals surface area contributed by atoms with E-state index in [-0.39, 0.29) is 0 Å². The molecule has 0 aromatic rings. The maximum Gasteiger partial charge on any atom is 0.432 e. The molecule has 2 aliphatic rings. The quantitative estimate of drug-likeness (QED) is 0.342. The van der Waals surface area contributed by atoms with Gasteiger partial charge in [-0.3, -0.25) is 0 Å². The molecule has 20 heteroatoms. The Morgan fingerprint density at radius 2 is 0.516 bits per heavy atom. The van der Waals surface area contributed by atoms with E-state index in [1.165, 1.54) is 0 Å². The normalized spacial score (nSPS) is 43.7. The number of hydrogen-bond donors (Lipinski definition) is 0. The number of rotatable bonds is 0. The molecular weight excluding hydrogens is 512 g/mol. The molecule has 2 rings (SSSR count). The summed E-state index contributed by atoms with van der Waals surface area (Å²) in [4.78, 5) is 0. The van der Waals surface area contributed by atoms with Crippen molar-refractivity contribution in [1.82, 2.24) is 0 Å².